The van der Waals surface area contributed by atoms with Gasteiger partial charge >= 0.3 is 5.97 Å². The van der Waals surface area contributed by atoms with Gasteiger partial charge in [-0.3, -0.25) is 4.79 Å². The lowest BCUT2D eigenvalue weighted by Gasteiger charge is -2.26. The van der Waals surface area contributed by atoms with Crippen LogP contribution in [-0.4, -0.2) is 33.0 Å². The van der Waals surface area contributed by atoms with E-state index in [0.717, 1.165) is 50.5 Å². The van der Waals surface area contributed by atoms with Gasteiger partial charge < -0.3 is 19.0 Å². The Bertz CT molecular complexity index is 1340. The van der Waals surface area contributed by atoms with E-state index in [1.54, 1.807) is 12.1 Å². The second-order valence-electron chi connectivity index (χ2n) is 9.04. The number of aromatic nitrogens is 3. The molecule has 0 unspecified atom stereocenters. The van der Waals surface area contributed by atoms with Crippen LogP contribution < -0.4 is 5.32 Å². The van der Waals surface area contributed by atoms with E-state index in [2.05, 4.69) is 12.2 Å². The monoisotopic (exact) mass is 474 g/mol. The molecular formula is C27H30N4O4. The van der Waals surface area contributed by atoms with E-state index in [1.165, 1.54) is 12.7 Å². The van der Waals surface area contributed by atoms with Crippen LogP contribution in [0.4, 0.5) is 5.82 Å². The first kappa shape index (κ1) is 23.1. The first-order valence-corrected chi connectivity index (χ1v) is 12.5. The molecule has 3 heterocycles. The Morgan fingerprint density at radius 2 is 1.83 bits per heavy atom. The Kier molecular flexibility index (Phi) is 6.79. The number of para-hydroxylation sites is 2. The maximum Gasteiger partial charge on any atom is 0.344 e. The highest BCUT2D eigenvalue weighted by atomic mass is 16.5. The second kappa shape index (κ2) is 10.3. The number of hydrogen-bond donors (Lipinski definition) is 1. The number of carbonyl (C=O) groups is 2. The first-order valence-electron chi connectivity index (χ1n) is 12.5. The molecule has 0 bridgehead atoms. The molecule has 182 valence electrons. The number of nitrogens with zero attached hydrogens (tertiary/aromatic N) is 3. The molecule has 1 aliphatic carbocycles. The summed E-state index contributed by atoms with van der Waals surface area (Å²) in [5, 5.41) is 2.95. The van der Waals surface area contributed by atoms with Crippen LogP contribution in [0.15, 0.2) is 47.1 Å². The van der Waals surface area contributed by atoms with Crippen LogP contribution in [0.1, 0.15) is 85.2 Å². The minimum Gasteiger partial charge on any atom is -0.462 e. The third-order valence-corrected chi connectivity index (χ3v) is 6.60. The summed E-state index contributed by atoms with van der Waals surface area (Å²) in [5.74, 6) is -0.387. The van der Waals surface area contributed by atoms with Crippen molar-refractivity contribution < 1.29 is 18.7 Å². The summed E-state index contributed by atoms with van der Waals surface area (Å²) < 4.78 is 13.0. The summed E-state index contributed by atoms with van der Waals surface area (Å²) in [6.45, 7) is 2.41. The van der Waals surface area contributed by atoms with E-state index < -0.39 is 11.9 Å². The second-order valence-corrected chi connectivity index (χ2v) is 9.04. The molecule has 1 aromatic carbocycles. The van der Waals surface area contributed by atoms with E-state index in [0.29, 0.717) is 29.1 Å². The van der Waals surface area contributed by atoms with Gasteiger partial charge in [0.1, 0.15) is 16.9 Å². The Balaban J connectivity index is 1.68. The van der Waals surface area contributed by atoms with Gasteiger partial charge in [0.15, 0.2) is 11.4 Å². The fourth-order valence-corrected chi connectivity index (χ4v) is 4.84. The molecule has 0 radical (unpaired) electrons. The lowest BCUT2D eigenvalue weighted by molar-refractivity contribution is 0.0501. The Labute approximate surface area is 203 Å². The summed E-state index contributed by atoms with van der Waals surface area (Å²) in [6, 6.07) is 10.9. The number of amides is 1. The zero-order valence-electron chi connectivity index (χ0n) is 20.0. The molecule has 1 N–H and O–H groups in total. The van der Waals surface area contributed by atoms with Crippen LogP contribution in [0.3, 0.4) is 0 Å². The molecule has 0 saturated heterocycles. The number of anilines is 1. The largest absolute Gasteiger partial charge is 0.462 e. The molecule has 8 heteroatoms. The van der Waals surface area contributed by atoms with Crippen molar-refractivity contribution >= 4 is 39.9 Å². The van der Waals surface area contributed by atoms with Crippen molar-refractivity contribution in [2.45, 2.75) is 64.3 Å². The molecule has 8 nitrogen and oxygen atoms in total. The van der Waals surface area contributed by atoms with E-state index in [-0.39, 0.29) is 17.4 Å². The fourth-order valence-electron chi connectivity index (χ4n) is 4.84. The highest BCUT2D eigenvalue weighted by molar-refractivity contribution is 6.13. The summed E-state index contributed by atoms with van der Waals surface area (Å²) >= 11 is 0. The number of benzene rings is 1. The number of ether oxygens (including phenoxy) is 1. The Morgan fingerprint density at radius 1 is 1.06 bits per heavy atom. The van der Waals surface area contributed by atoms with Gasteiger partial charge in [-0.2, -0.15) is 0 Å². The molecule has 1 aliphatic rings. The molecule has 0 aliphatic heterocycles. The quantitative estimate of drug-likeness (QED) is 0.238. The molecule has 0 spiro atoms. The van der Waals surface area contributed by atoms with Crippen molar-refractivity contribution in [3.8, 4) is 0 Å². The van der Waals surface area contributed by atoms with Crippen LogP contribution in [0.5, 0.6) is 0 Å². The lowest BCUT2D eigenvalue weighted by Crippen LogP contribution is -2.21. The van der Waals surface area contributed by atoms with Crippen LogP contribution >= 0.6 is 0 Å². The predicted molar refractivity (Wildman–Crippen MR) is 134 cm³/mol. The van der Waals surface area contributed by atoms with Gasteiger partial charge in [0, 0.05) is 6.04 Å². The highest BCUT2D eigenvalue weighted by Crippen LogP contribution is 2.39. The molecular weight excluding hydrogens is 444 g/mol. The summed E-state index contributed by atoms with van der Waals surface area (Å²) in [4.78, 5) is 36.3. The SMILES string of the molecule is CCCCCOC(=O)c1c(NC(=O)c2ccco2)n(C2CCCCC2)c2nc3ccccc3nc12. The number of esters is 1. The molecule has 0 atom stereocenters. The van der Waals surface area contributed by atoms with Gasteiger partial charge in [0.05, 0.1) is 23.9 Å². The normalized spacial score (nSPS) is 14.4. The number of nitrogens with one attached hydrogen (secondary N) is 1. The predicted octanol–water partition coefficient (Wildman–Crippen LogP) is 6.28. The zero-order valence-corrected chi connectivity index (χ0v) is 20.0. The Morgan fingerprint density at radius 3 is 2.54 bits per heavy atom. The molecule has 35 heavy (non-hydrogen) atoms. The van der Waals surface area contributed by atoms with Crippen LogP contribution in [-0.2, 0) is 4.74 Å². The molecule has 1 fully saturated rings. The van der Waals surface area contributed by atoms with Crippen molar-refractivity contribution in [3.05, 3.63) is 54.0 Å². The number of rotatable bonds is 8. The van der Waals surface area contributed by atoms with Crippen LogP contribution in [0.2, 0.25) is 0 Å². The van der Waals surface area contributed by atoms with E-state index in [9.17, 15) is 9.59 Å². The molecule has 3 aromatic heterocycles. The van der Waals surface area contributed by atoms with Gasteiger partial charge in [0.25, 0.3) is 5.91 Å². The van der Waals surface area contributed by atoms with Gasteiger partial charge in [-0.05, 0) is 43.5 Å². The van der Waals surface area contributed by atoms with Crippen molar-refractivity contribution in [1.82, 2.24) is 14.5 Å². The Hall–Kier alpha value is -3.68. The lowest BCUT2D eigenvalue weighted by atomic mass is 9.95. The van der Waals surface area contributed by atoms with Crippen molar-refractivity contribution in [3.63, 3.8) is 0 Å². The van der Waals surface area contributed by atoms with E-state index in [4.69, 9.17) is 19.1 Å². The van der Waals surface area contributed by atoms with Gasteiger partial charge in [-0.15, -0.1) is 0 Å². The summed E-state index contributed by atoms with van der Waals surface area (Å²) in [6.07, 6.45) is 9.44. The topological polar surface area (TPSA) is 99.2 Å². The summed E-state index contributed by atoms with van der Waals surface area (Å²) in [7, 11) is 0. The van der Waals surface area contributed by atoms with Crippen molar-refractivity contribution in [2.75, 3.05) is 11.9 Å². The molecule has 5 rings (SSSR count). The highest BCUT2D eigenvalue weighted by Gasteiger charge is 2.32. The maximum absolute atomic E-state index is 13.5. The number of furan rings is 1. The smallest absolute Gasteiger partial charge is 0.344 e. The minimum absolute atomic E-state index is 0.0928. The third-order valence-electron chi connectivity index (χ3n) is 6.60. The van der Waals surface area contributed by atoms with E-state index in [1.807, 2.05) is 28.8 Å². The van der Waals surface area contributed by atoms with Gasteiger partial charge in [0.2, 0.25) is 0 Å². The van der Waals surface area contributed by atoms with Crippen molar-refractivity contribution in [1.29, 1.82) is 0 Å². The summed E-state index contributed by atoms with van der Waals surface area (Å²) in [5.41, 5.74) is 2.71. The van der Waals surface area contributed by atoms with Crippen LogP contribution in [0.25, 0.3) is 22.2 Å². The van der Waals surface area contributed by atoms with Crippen molar-refractivity contribution in [2.24, 2.45) is 0 Å². The number of hydrogen-bond acceptors (Lipinski definition) is 6. The molecule has 4 aromatic rings. The third kappa shape index (κ3) is 4.65. The van der Waals surface area contributed by atoms with Crippen LogP contribution in [0, 0.1) is 0 Å². The van der Waals surface area contributed by atoms with Gasteiger partial charge in [-0.25, -0.2) is 14.8 Å². The standard InChI is InChI=1S/C27H30N4O4/c1-2-3-9-16-35-27(33)22-23-25(29-20-14-8-7-13-19(20)28-23)31(18-11-5-4-6-12-18)24(22)30-26(32)21-15-10-17-34-21/h7-8,10,13-15,17-18H,2-6,9,11-12,16H2,1H3,(H,30,32). The number of fused-ring (bicyclic) bond motifs is 2. The molecule has 1 saturated carbocycles. The zero-order chi connectivity index (χ0) is 24.2. The first-order chi connectivity index (χ1) is 17.2. The molecule has 1 amide bonds. The number of carbonyl (C=O) groups excluding carboxylic acids is 2. The average molecular weight is 475 g/mol. The minimum atomic E-state index is -0.500. The average Bonchev–Trinajstić information content (AvgIpc) is 3.52. The number of unbranched alkanes of at least 4 members (excludes halogenated alkanes) is 2. The fraction of sp³-hybridized carbons (Fsp3) is 0.407. The van der Waals surface area contributed by atoms with E-state index >= 15 is 0 Å². The van der Waals surface area contributed by atoms with Gasteiger partial charge in [-0.1, -0.05) is 51.2 Å². The maximum atomic E-state index is 13.5.